The second kappa shape index (κ2) is 10.9. The molecule has 7 nitrogen and oxygen atoms in total. The van der Waals surface area contributed by atoms with E-state index < -0.39 is 5.60 Å². The maximum absolute atomic E-state index is 15.5. The van der Waals surface area contributed by atoms with Gasteiger partial charge in [-0.15, -0.1) is 11.3 Å². The highest BCUT2D eigenvalue weighted by molar-refractivity contribution is 7.16. The van der Waals surface area contributed by atoms with Crippen LogP contribution in [0.3, 0.4) is 0 Å². The van der Waals surface area contributed by atoms with Crippen LogP contribution >= 0.6 is 11.3 Å². The van der Waals surface area contributed by atoms with Crippen LogP contribution in [0.5, 0.6) is 0 Å². The van der Waals surface area contributed by atoms with Gasteiger partial charge < -0.3 is 10.1 Å². The average Bonchev–Trinajstić information content (AvgIpc) is 3.53. The van der Waals surface area contributed by atoms with Crippen molar-refractivity contribution in [2.24, 2.45) is 0 Å². The molecule has 0 saturated carbocycles. The molecular weight excluding hydrogens is 561 g/mol. The zero-order valence-electron chi connectivity index (χ0n) is 24.5. The molecule has 7 rings (SSSR count). The van der Waals surface area contributed by atoms with Crippen molar-refractivity contribution in [2.75, 3.05) is 18.4 Å². The number of aromatic nitrogens is 2. The van der Waals surface area contributed by atoms with Crippen molar-refractivity contribution in [3.8, 4) is 11.1 Å². The summed E-state index contributed by atoms with van der Waals surface area (Å²) in [5, 5.41) is 4.45. The molecule has 2 atom stereocenters. The average molecular weight is 596 g/mol. The number of carbonyl (C=O) groups is 1. The molecule has 1 amide bonds. The summed E-state index contributed by atoms with van der Waals surface area (Å²) in [5.74, 6) is -0.252. The Kier molecular flexibility index (Phi) is 7.02. The maximum Gasteiger partial charge on any atom is 0.410 e. The number of thiazole rings is 1. The van der Waals surface area contributed by atoms with E-state index in [4.69, 9.17) is 4.74 Å². The third-order valence-electron chi connectivity index (χ3n) is 8.26. The van der Waals surface area contributed by atoms with Gasteiger partial charge in [0.1, 0.15) is 11.4 Å². The minimum absolute atomic E-state index is 0.136. The van der Waals surface area contributed by atoms with Crippen LogP contribution in [0, 0.1) is 5.82 Å². The van der Waals surface area contributed by atoms with Crippen LogP contribution in [0.1, 0.15) is 39.2 Å². The number of hydrogen-bond acceptors (Lipinski definition) is 7. The van der Waals surface area contributed by atoms with E-state index in [0.29, 0.717) is 12.1 Å². The fraction of sp³-hybridized carbons (Fsp3) is 0.324. The number of hydrogen-bond donors (Lipinski definition) is 1. The Bertz CT molecular complexity index is 1820. The molecule has 3 aromatic carbocycles. The highest BCUT2D eigenvalue weighted by Gasteiger charge is 2.44. The van der Waals surface area contributed by atoms with Gasteiger partial charge >= 0.3 is 6.09 Å². The van der Waals surface area contributed by atoms with Crippen LogP contribution in [0.15, 0.2) is 72.4 Å². The zero-order valence-corrected chi connectivity index (χ0v) is 25.3. The molecule has 2 aliphatic heterocycles. The minimum atomic E-state index is -0.509. The summed E-state index contributed by atoms with van der Waals surface area (Å²) >= 11 is 1.62. The predicted octanol–water partition coefficient (Wildman–Crippen LogP) is 7.98. The van der Waals surface area contributed by atoms with Crippen molar-refractivity contribution >= 4 is 49.9 Å². The number of rotatable bonds is 5. The van der Waals surface area contributed by atoms with Gasteiger partial charge in [-0.05, 0) is 81.1 Å². The Morgan fingerprint density at radius 3 is 2.58 bits per heavy atom. The lowest BCUT2D eigenvalue weighted by molar-refractivity contribution is -0.00542. The molecule has 2 unspecified atom stereocenters. The number of nitrogens with zero attached hydrogens (tertiary/aromatic N) is 4. The Morgan fingerprint density at radius 2 is 1.81 bits per heavy atom. The highest BCUT2D eigenvalue weighted by Crippen LogP contribution is 2.34. The molecule has 5 aromatic rings. The summed E-state index contributed by atoms with van der Waals surface area (Å²) in [4.78, 5) is 26.1. The second-order valence-corrected chi connectivity index (χ2v) is 13.4. The number of benzene rings is 3. The van der Waals surface area contributed by atoms with Gasteiger partial charge in [0.25, 0.3) is 0 Å². The summed E-state index contributed by atoms with van der Waals surface area (Å²) < 4.78 is 22.3. The molecule has 4 heterocycles. The fourth-order valence-electron chi connectivity index (χ4n) is 6.40. The molecule has 43 heavy (non-hydrogen) atoms. The van der Waals surface area contributed by atoms with Crippen LogP contribution in [0.25, 0.3) is 32.2 Å². The number of likely N-dealkylation sites (tertiary alicyclic amines) is 1. The zero-order chi connectivity index (χ0) is 29.7. The molecular formula is C34H34FN5O2S. The topological polar surface area (TPSA) is 70.6 Å². The first-order valence-electron chi connectivity index (χ1n) is 14.7. The molecule has 0 aliphatic carbocycles. The summed E-state index contributed by atoms with van der Waals surface area (Å²) in [5.41, 5.74) is 7.24. The van der Waals surface area contributed by atoms with Crippen LogP contribution in [-0.4, -0.2) is 56.6 Å². The molecule has 0 radical (unpaired) electrons. The molecule has 2 aromatic heterocycles. The van der Waals surface area contributed by atoms with Gasteiger partial charge in [0.15, 0.2) is 0 Å². The van der Waals surface area contributed by atoms with Crippen molar-refractivity contribution in [3.05, 3.63) is 83.8 Å². The molecule has 2 aliphatic rings. The van der Waals surface area contributed by atoms with Gasteiger partial charge in [0, 0.05) is 60.2 Å². The number of nitrogens with one attached hydrogen (secondary N) is 1. The maximum atomic E-state index is 15.5. The number of piperazine rings is 1. The molecule has 0 spiro atoms. The standard InChI is InChI=1S/C34H34FN5O2S/c1-34(2,3)42-33(41)40-24-7-8-25(40)19-39(18-24)17-21-4-9-26(28(35)14-21)22-5-10-27-29(12-13-36-30(27)15-22)38-23-6-11-32-31(16-23)37-20-43-32/h4-6,9-16,20,24-25H,7-8,17-19H2,1-3H3,(H,36,38). The van der Waals surface area contributed by atoms with Crippen LogP contribution in [0.2, 0.25) is 0 Å². The van der Waals surface area contributed by atoms with E-state index in [-0.39, 0.29) is 24.0 Å². The van der Waals surface area contributed by atoms with E-state index in [1.165, 1.54) is 0 Å². The van der Waals surface area contributed by atoms with Gasteiger partial charge in [-0.2, -0.15) is 0 Å². The quantitative estimate of drug-likeness (QED) is 0.222. The van der Waals surface area contributed by atoms with Gasteiger partial charge in [0.05, 0.1) is 21.2 Å². The largest absolute Gasteiger partial charge is 0.444 e. The van der Waals surface area contributed by atoms with Gasteiger partial charge in [-0.3, -0.25) is 14.8 Å². The van der Waals surface area contributed by atoms with Crippen LogP contribution in [-0.2, 0) is 11.3 Å². The molecule has 2 fully saturated rings. The third-order valence-corrected chi connectivity index (χ3v) is 9.07. The number of anilines is 2. The smallest absolute Gasteiger partial charge is 0.410 e. The lowest BCUT2D eigenvalue weighted by atomic mass is 10.0. The normalized spacial score (nSPS) is 18.8. The lowest BCUT2D eigenvalue weighted by Gasteiger charge is -2.41. The fourth-order valence-corrected chi connectivity index (χ4v) is 7.06. The van der Waals surface area contributed by atoms with E-state index in [0.717, 1.165) is 69.6 Å². The van der Waals surface area contributed by atoms with Gasteiger partial charge in [-0.25, -0.2) is 14.2 Å². The Hall–Kier alpha value is -4.08. The van der Waals surface area contributed by atoms with E-state index in [2.05, 4.69) is 26.3 Å². The van der Waals surface area contributed by atoms with Gasteiger partial charge in [-0.1, -0.05) is 24.3 Å². The summed E-state index contributed by atoms with van der Waals surface area (Å²) in [6.07, 6.45) is 3.49. The number of carbonyl (C=O) groups excluding carboxylic acids is 1. The number of fused-ring (bicyclic) bond motifs is 4. The number of pyridine rings is 1. The number of halogens is 1. The summed E-state index contributed by atoms with van der Waals surface area (Å²) in [6.45, 7) is 7.88. The second-order valence-electron chi connectivity index (χ2n) is 12.5. The highest BCUT2D eigenvalue weighted by atomic mass is 32.1. The third kappa shape index (κ3) is 5.67. The van der Waals surface area contributed by atoms with Crippen molar-refractivity contribution in [2.45, 2.75) is 57.8 Å². The molecule has 1 N–H and O–H groups in total. The number of amides is 1. The van der Waals surface area contributed by atoms with Crippen molar-refractivity contribution in [3.63, 3.8) is 0 Å². The number of ether oxygens (including phenoxy) is 1. The predicted molar refractivity (Wildman–Crippen MR) is 170 cm³/mol. The van der Waals surface area contributed by atoms with Crippen molar-refractivity contribution in [1.29, 1.82) is 0 Å². The van der Waals surface area contributed by atoms with Crippen LogP contribution in [0.4, 0.5) is 20.6 Å². The minimum Gasteiger partial charge on any atom is -0.444 e. The summed E-state index contributed by atoms with van der Waals surface area (Å²) in [7, 11) is 0. The lowest BCUT2D eigenvalue weighted by Crippen LogP contribution is -2.56. The summed E-state index contributed by atoms with van der Waals surface area (Å²) in [6, 6.07) is 19.8. The van der Waals surface area contributed by atoms with Gasteiger partial charge in [0.2, 0.25) is 0 Å². The first kappa shape index (κ1) is 27.7. The monoisotopic (exact) mass is 595 g/mol. The van der Waals surface area contributed by atoms with E-state index in [1.54, 1.807) is 23.6 Å². The Balaban J connectivity index is 1.06. The van der Waals surface area contributed by atoms with Crippen LogP contribution < -0.4 is 5.32 Å². The Morgan fingerprint density at radius 1 is 1.00 bits per heavy atom. The van der Waals surface area contributed by atoms with E-state index >= 15 is 4.39 Å². The first-order chi connectivity index (χ1) is 20.7. The van der Waals surface area contributed by atoms with Crippen molar-refractivity contribution in [1.82, 2.24) is 19.8 Å². The molecule has 2 saturated heterocycles. The van der Waals surface area contributed by atoms with Crippen molar-refractivity contribution < 1.29 is 13.9 Å². The first-order valence-corrected chi connectivity index (χ1v) is 15.6. The molecule has 2 bridgehead atoms. The molecule has 9 heteroatoms. The Labute approximate surface area is 254 Å². The molecule has 220 valence electrons. The van der Waals surface area contributed by atoms with E-state index in [1.807, 2.05) is 79.7 Å². The van der Waals surface area contributed by atoms with E-state index in [9.17, 15) is 4.79 Å². The SMILES string of the molecule is CC(C)(C)OC(=O)N1C2CCC1CN(Cc1ccc(-c3ccc4c(Nc5ccc6scnc6c5)ccnc4c3)c(F)c1)C2.